The Morgan fingerprint density at radius 1 is 1.00 bits per heavy atom. The monoisotopic (exact) mass is 469 g/mol. The van der Waals surface area contributed by atoms with E-state index in [-0.39, 0.29) is 23.8 Å². The summed E-state index contributed by atoms with van der Waals surface area (Å²) in [6, 6.07) is 16.5. The Labute approximate surface area is 189 Å². The van der Waals surface area contributed by atoms with Gasteiger partial charge in [-0.05, 0) is 55.3 Å². The van der Waals surface area contributed by atoms with Crippen molar-refractivity contribution in [2.45, 2.75) is 13.8 Å². The van der Waals surface area contributed by atoms with Crippen LogP contribution in [0.3, 0.4) is 0 Å². The molecule has 11 heteroatoms. The van der Waals surface area contributed by atoms with E-state index in [0.717, 1.165) is 17.3 Å². The molecule has 0 bridgehead atoms. The van der Waals surface area contributed by atoms with Gasteiger partial charge in [0.15, 0.2) is 11.5 Å². The zero-order chi connectivity index (χ0) is 23.4. The highest BCUT2D eigenvalue weighted by Gasteiger charge is 2.29. The molecule has 1 aliphatic heterocycles. The molecule has 1 N–H and O–H groups in total. The molecular formula is C22H20N3O7P. The van der Waals surface area contributed by atoms with Crippen molar-refractivity contribution in [2.24, 2.45) is 5.10 Å². The predicted octanol–water partition coefficient (Wildman–Crippen LogP) is 5.13. The van der Waals surface area contributed by atoms with E-state index in [9.17, 15) is 14.7 Å². The molecule has 0 saturated heterocycles. The smallest absolute Gasteiger partial charge is 0.454 e. The first-order chi connectivity index (χ1) is 15.8. The number of nitrogens with zero attached hydrogens (tertiary/aromatic N) is 2. The van der Waals surface area contributed by atoms with Crippen LogP contribution in [0.25, 0.3) is 0 Å². The van der Waals surface area contributed by atoms with Crippen molar-refractivity contribution in [1.82, 2.24) is 5.20 Å². The number of hydrogen-bond acceptors (Lipinski definition) is 8. The molecule has 0 aromatic heterocycles. The Balaban J connectivity index is 1.62. The number of fused-ring (bicyclic) bond motifs is 1. The summed E-state index contributed by atoms with van der Waals surface area (Å²) in [7, 11) is -4.07. The van der Waals surface area contributed by atoms with Gasteiger partial charge in [-0.3, -0.25) is 10.1 Å². The lowest BCUT2D eigenvalue weighted by atomic mass is 10.1. The highest BCUT2D eigenvalue weighted by Crippen LogP contribution is 2.45. The average molecular weight is 469 g/mol. The van der Waals surface area contributed by atoms with Crippen LogP contribution in [0.1, 0.15) is 16.7 Å². The fourth-order valence-electron chi connectivity index (χ4n) is 3.06. The van der Waals surface area contributed by atoms with Crippen molar-refractivity contribution in [3.63, 3.8) is 0 Å². The lowest BCUT2D eigenvalue weighted by Gasteiger charge is -2.19. The van der Waals surface area contributed by atoms with Crippen LogP contribution in [-0.2, 0) is 4.57 Å². The normalized spacial score (nSPS) is 12.5. The molecule has 0 radical (unpaired) electrons. The first kappa shape index (κ1) is 22.2. The molecule has 3 aromatic carbocycles. The van der Waals surface area contributed by atoms with Crippen LogP contribution in [0.2, 0.25) is 0 Å². The minimum atomic E-state index is -4.07. The van der Waals surface area contributed by atoms with Crippen molar-refractivity contribution in [1.29, 1.82) is 0 Å². The highest BCUT2D eigenvalue weighted by molar-refractivity contribution is 7.52. The SMILES string of the molecule is Cc1cccc(OP(=O)(N/N=C/c2cc3c(cc2[N+](=O)[O-])OCO3)Oc2cccc(C)c2)c1. The van der Waals surface area contributed by atoms with Crippen molar-refractivity contribution < 1.29 is 28.0 Å². The summed E-state index contributed by atoms with van der Waals surface area (Å²) in [6.07, 6.45) is 1.14. The number of hydrogen-bond donors (Lipinski definition) is 1. The number of benzene rings is 3. The Morgan fingerprint density at radius 3 is 2.12 bits per heavy atom. The first-order valence-corrected chi connectivity index (χ1v) is 11.4. The van der Waals surface area contributed by atoms with Crippen LogP contribution in [0.5, 0.6) is 23.0 Å². The fourth-order valence-corrected chi connectivity index (χ4v) is 4.16. The second kappa shape index (κ2) is 9.22. The van der Waals surface area contributed by atoms with Crippen LogP contribution in [0, 0.1) is 24.0 Å². The maximum atomic E-state index is 13.5. The third-order valence-electron chi connectivity index (χ3n) is 4.53. The average Bonchev–Trinajstić information content (AvgIpc) is 3.20. The number of hydrazone groups is 1. The summed E-state index contributed by atoms with van der Waals surface area (Å²) >= 11 is 0. The Bertz CT molecular complexity index is 1230. The molecule has 3 aromatic rings. The minimum Gasteiger partial charge on any atom is -0.454 e. The van der Waals surface area contributed by atoms with Gasteiger partial charge >= 0.3 is 7.75 Å². The molecule has 170 valence electrons. The fraction of sp³-hybridized carbons (Fsp3) is 0.136. The second-order valence-electron chi connectivity index (χ2n) is 7.19. The van der Waals surface area contributed by atoms with Crippen molar-refractivity contribution in [3.05, 3.63) is 87.5 Å². The van der Waals surface area contributed by atoms with Gasteiger partial charge in [-0.25, -0.2) is 4.57 Å². The van der Waals surface area contributed by atoms with Gasteiger partial charge in [-0.15, -0.1) is 0 Å². The quantitative estimate of drug-likeness (QED) is 0.209. The zero-order valence-electron chi connectivity index (χ0n) is 17.8. The van der Waals surface area contributed by atoms with Gasteiger partial charge in [0.2, 0.25) is 6.79 Å². The highest BCUT2D eigenvalue weighted by atomic mass is 31.2. The van der Waals surface area contributed by atoms with Gasteiger partial charge < -0.3 is 18.5 Å². The third-order valence-corrected chi connectivity index (χ3v) is 5.80. The predicted molar refractivity (Wildman–Crippen MR) is 121 cm³/mol. The minimum absolute atomic E-state index is 0.0325. The lowest BCUT2D eigenvalue weighted by molar-refractivity contribution is -0.385. The maximum Gasteiger partial charge on any atom is 0.557 e. The number of nitro groups is 1. The Kier molecular flexibility index (Phi) is 6.19. The lowest BCUT2D eigenvalue weighted by Crippen LogP contribution is -2.14. The largest absolute Gasteiger partial charge is 0.557 e. The van der Waals surface area contributed by atoms with E-state index in [1.54, 1.807) is 36.4 Å². The molecule has 0 aliphatic carbocycles. The van der Waals surface area contributed by atoms with E-state index in [1.165, 1.54) is 12.1 Å². The molecule has 0 spiro atoms. The molecule has 0 saturated carbocycles. The molecular weight excluding hydrogens is 449 g/mol. The van der Waals surface area contributed by atoms with E-state index in [4.69, 9.17) is 18.5 Å². The molecule has 0 fully saturated rings. The van der Waals surface area contributed by atoms with Crippen LogP contribution in [-0.4, -0.2) is 17.9 Å². The topological polar surface area (TPSA) is 122 Å². The van der Waals surface area contributed by atoms with Gasteiger partial charge in [-0.1, -0.05) is 24.3 Å². The molecule has 4 rings (SSSR count). The van der Waals surface area contributed by atoms with Gasteiger partial charge in [0.1, 0.15) is 11.5 Å². The van der Waals surface area contributed by atoms with Crippen molar-refractivity contribution in [3.8, 4) is 23.0 Å². The number of nitro benzene ring substituents is 1. The summed E-state index contributed by atoms with van der Waals surface area (Å²) in [5, 5.41) is 17.8. The molecule has 0 unspecified atom stereocenters. The van der Waals surface area contributed by atoms with Gasteiger partial charge in [0, 0.05) is 0 Å². The van der Waals surface area contributed by atoms with Gasteiger partial charge in [-0.2, -0.15) is 10.3 Å². The summed E-state index contributed by atoms with van der Waals surface area (Å²) in [5.74, 6) is 1.23. The van der Waals surface area contributed by atoms with E-state index in [0.29, 0.717) is 17.2 Å². The van der Waals surface area contributed by atoms with E-state index in [2.05, 4.69) is 10.3 Å². The number of aryl methyl sites for hydroxylation is 2. The van der Waals surface area contributed by atoms with E-state index in [1.807, 2.05) is 26.0 Å². The first-order valence-electron chi connectivity index (χ1n) is 9.82. The summed E-state index contributed by atoms with van der Waals surface area (Å²) in [4.78, 5) is 10.9. The summed E-state index contributed by atoms with van der Waals surface area (Å²) < 4.78 is 35.3. The standard InChI is InChI=1S/C22H20N3O7P/c1-15-5-3-7-18(9-15)31-33(28,32-19-8-4-6-16(2)10-19)24-23-13-17-11-21-22(30-14-29-21)12-20(17)25(26)27/h3-13H,14H2,1-2H3,(H,24,28)/b23-13+. The third kappa shape index (κ3) is 5.42. The maximum absolute atomic E-state index is 13.5. The van der Waals surface area contributed by atoms with Crippen LogP contribution >= 0.6 is 7.75 Å². The Hall–Kier alpha value is -4.04. The van der Waals surface area contributed by atoms with E-state index < -0.39 is 12.7 Å². The molecule has 1 heterocycles. The van der Waals surface area contributed by atoms with E-state index >= 15 is 0 Å². The summed E-state index contributed by atoms with van der Waals surface area (Å²) in [5.41, 5.74) is 1.66. The number of rotatable bonds is 8. The molecule has 10 nitrogen and oxygen atoms in total. The van der Waals surface area contributed by atoms with Crippen LogP contribution in [0.15, 0.2) is 65.8 Å². The molecule has 0 amide bonds. The van der Waals surface area contributed by atoms with Gasteiger partial charge in [0.25, 0.3) is 5.69 Å². The number of ether oxygens (including phenoxy) is 2. The second-order valence-corrected chi connectivity index (χ2v) is 8.75. The summed E-state index contributed by atoms with van der Waals surface area (Å²) in [6.45, 7) is 3.70. The Morgan fingerprint density at radius 2 is 1.58 bits per heavy atom. The molecule has 0 atom stereocenters. The zero-order valence-corrected chi connectivity index (χ0v) is 18.7. The number of nitrogens with one attached hydrogen (secondary N) is 1. The molecule has 1 aliphatic rings. The van der Waals surface area contributed by atoms with Crippen LogP contribution in [0.4, 0.5) is 5.69 Å². The van der Waals surface area contributed by atoms with Gasteiger partial charge in [0.05, 0.1) is 22.8 Å². The molecule has 33 heavy (non-hydrogen) atoms. The van der Waals surface area contributed by atoms with Crippen molar-refractivity contribution in [2.75, 3.05) is 6.79 Å². The van der Waals surface area contributed by atoms with Crippen molar-refractivity contribution >= 4 is 19.6 Å². The van der Waals surface area contributed by atoms with Crippen LogP contribution < -0.4 is 23.7 Å².